The lowest BCUT2D eigenvalue weighted by atomic mass is 10.1. The second-order valence-corrected chi connectivity index (χ2v) is 5.47. The third kappa shape index (κ3) is 5.57. The van der Waals surface area contributed by atoms with Crippen molar-refractivity contribution in [2.75, 3.05) is 27.9 Å². The molecule has 0 amide bonds. The highest BCUT2D eigenvalue weighted by atomic mass is 16.5. The number of carbonyl (C=O) groups is 1. The molecule has 0 aliphatic carbocycles. The van der Waals surface area contributed by atoms with Gasteiger partial charge in [-0.25, -0.2) is 0 Å². The Kier molecular flexibility index (Phi) is 7.37. The summed E-state index contributed by atoms with van der Waals surface area (Å²) in [6.07, 6.45) is 3.53. The third-order valence-corrected chi connectivity index (χ3v) is 3.74. The van der Waals surface area contributed by atoms with Crippen LogP contribution in [0.1, 0.15) is 11.1 Å². The zero-order chi connectivity index (χ0) is 19.6. The molecule has 7 heteroatoms. The molecule has 27 heavy (non-hydrogen) atoms. The van der Waals surface area contributed by atoms with Gasteiger partial charge in [0, 0.05) is 11.6 Å². The van der Waals surface area contributed by atoms with Gasteiger partial charge in [-0.05, 0) is 35.0 Å². The summed E-state index contributed by atoms with van der Waals surface area (Å²) in [5.74, 6) is 1.33. The lowest BCUT2D eigenvalue weighted by Crippen LogP contribution is -2.07. The van der Waals surface area contributed by atoms with Crippen LogP contribution in [0.4, 0.5) is 5.69 Å². The molecule has 2 aromatic rings. The number of nitroso groups, excluding NO2 is 1. The maximum Gasteiger partial charge on any atom is 0.310 e. The highest BCUT2D eigenvalue weighted by Crippen LogP contribution is 2.35. The third-order valence-electron chi connectivity index (χ3n) is 3.74. The molecule has 2 rings (SSSR count). The van der Waals surface area contributed by atoms with E-state index in [1.165, 1.54) is 0 Å². The SMILES string of the molecule is COc1cc(OC)c(OC)cc1/C=C/COC(=O)Cc1cccc(N=O)c1. The number of benzene rings is 2. The van der Waals surface area contributed by atoms with Crippen LogP contribution >= 0.6 is 0 Å². The summed E-state index contributed by atoms with van der Waals surface area (Å²) in [5, 5.41) is 2.85. The first-order chi connectivity index (χ1) is 13.1. The van der Waals surface area contributed by atoms with E-state index in [2.05, 4.69) is 5.18 Å². The first-order valence-electron chi connectivity index (χ1n) is 8.15. The Labute approximate surface area is 157 Å². The maximum atomic E-state index is 11.9. The highest BCUT2D eigenvalue weighted by molar-refractivity contribution is 5.73. The van der Waals surface area contributed by atoms with Gasteiger partial charge in [0.05, 0.1) is 27.8 Å². The van der Waals surface area contributed by atoms with Crippen molar-refractivity contribution in [1.82, 2.24) is 0 Å². The minimum absolute atomic E-state index is 0.0663. The monoisotopic (exact) mass is 371 g/mol. The Morgan fingerprint density at radius 2 is 1.70 bits per heavy atom. The van der Waals surface area contributed by atoms with Gasteiger partial charge in [-0.3, -0.25) is 4.79 Å². The van der Waals surface area contributed by atoms with Gasteiger partial charge >= 0.3 is 5.97 Å². The first-order valence-corrected chi connectivity index (χ1v) is 8.15. The summed E-state index contributed by atoms with van der Waals surface area (Å²) in [7, 11) is 4.66. The lowest BCUT2D eigenvalue weighted by molar-refractivity contribution is -0.141. The Balaban J connectivity index is 1.96. The van der Waals surface area contributed by atoms with E-state index in [4.69, 9.17) is 18.9 Å². The van der Waals surface area contributed by atoms with Crippen LogP contribution in [0.25, 0.3) is 6.08 Å². The minimum Gasteiger partial charge on any atom is -0.496 e. The molecule has 0 bridgehead atoms. The lowest BCUT2D eigenvalue weighted by Gasteiger charge is -2.12. The molecule has 0 saturated carbocycles. The van der Waals surface area contributed by atoms with Crippen LogP contribution in [0.3, 0.4) is 0 Å². The van der Waals surface area contributed by atoms with E-state index in [0.29, 0.717) is 22.8 Å². The average Bonchev–Trinajstić information content (AvgIpc) is 2.70. The normalized spacial score (nSPS) is 10.5. The molecule has 0 unspecified atom stereocenters. The largest absolute Gasteiger partial charge is 0.496 e. The van der Waals surface area contributed by atoms with Gasteiger partial charge in [0.15, 0.2) is 11.5 Å². The van der Waals surface area contributed by atoms with Crippen molar-refractivity contribution in [1.29, 1.82) is 0 Å². The predicted octanol–water partition coefficient (Wildman–Crippen LogP) is 3.91. The van der Waals surface area contributed by atoms with Crippen LogP contribution in [0, 0.1) is 4.91 Å². The van der Waals surface area contributed by atoms with Crippen molar-refractivity contribution in [3.8, 4) is 17.2 Å². The Bertz CT molecular complexity index is 831. The molecular weight excluding hydrogens is 350 g/mol. The number of carbonyl (C=O) groups excluding carboxylic acids is 1. The van der Waals surface area contributed by atoms with E-state index in [1.54, 1.807) is 69.9 Å². The summed E-state index contributed by atoms with van der Waals surface area (Å²) in [4.78, 5) is 22.4. The van der Waals surface area contributed by atoms with Crippen LogP contribution in [0.5, 0.6) is 17.2 Å². The van der Waals surface area contributed by atoms with Gasteiger partial charge in [0.25, 0.3) is 0 Å². The average molecular weight is 371 g/mol. The fourth-order valence-corrected chi connectivity index (χ4v) is 2.44. The standard InChI is InChI=1S/C20H21NO6/c1-24-17-13-19(26-3)18(25-2)12-15(17)7-5-9-27-20(22)11-14-6-4-8-16(10-14)21-23/h4-8,10,12-13H,9,11H2,1-3H3/b7-5+. The fourth-order valence-electron chi connectivity index (χ4n) is 2.44. The van der Waals surface area contributed by atoms with Crippen LogP contribution in [0.15, 0.2) is 47.7 Å². The molecule has 142 valence electrons. The summed E-state index contributed by atoms with van der Waals surface area (Å²) in [6, 6.07) is 10.0. The molecule has 0 atom stereocenters. The summed E-state index contributed by atoms with van der Waals surface area (Å²) in [6.45, 7) is 0.0992. The second-order valence-electron chi connectivity index (χ2n) is 5.47. The van der Waals surface area contributed by atoms with Gasteiger partial charge in [-0.15, -0.1) is 4.91 Å². The molecule has 7 nitrogen and oxygen atoms in total. The summed E-state index contributed by atoms with van der Waals surface area (Å²) < 4.78 is 21.0. The number of hydrogen-bond acceptors (Lipinski definition) is 7. The topological polar surface area (TPSA) is 83.4 Å². The number of hydrogen-bond donors (Lipinski definition) is 0. The van der Waals surface area contributed by atoms with E-state index in [-0.39, 0.29) is 18.7 Å². The van der Waals surface area contributed by atoms with Crippen molar-refractivity contribution < 1.29 is 23.7 Å². The number of esters is 1. The smallest absolute Gasteiger partial charge is 0.310 e. The molecule has 0 N–H and O–H groups in total. The van der Waals surface area contributed by atoms with Gasteiger partial charge in [-0.2, -0.15) is 0 Å². The zero-order valence-corrected chi connectivity index (χ0v) is 15.4. The van der Waals surface area contributed by atoms with E-state index < -0.39 is 5.97 Å². The molecule has 0 radical (unpaired) electrons. The second kappa shape index (κ2) is 9.96. The van der Waals surface area contributed by atoms with Crippen molar-refractivity contribution in [2.24, 2.45) is 5.18 Å². The van der Waals surface area contributed by atoms with E-state index in [1.807, 2.05) is 0 Å². The number of nitrogens with zero attached hydrogens (tertiary/aromatic N) is 1. The van der Waals surface area contributed by atoms with E-state index in [0.717, 1.165) is 5.56 Å². The Morgan fingerprint density at radius 3 is 2.37 bits per heavy atom. The van der Waals surface area contributed by atoms with Gasteiger partial charge in [0.2, 0.25) is 0 Å². The molecular formula is C20H21NO6. The van der Waals surface area contributed by atoms with Crippen molar-refractivity contribution >= 4 is 17.7 Å². The minimum atomic E-state index is -0.401. The highest BCUT2D eigenvalue weighted by Gasteiger charge is 2.10. The zero-order valence-electron chi connectivity index (χ0n) is 15.4. The Hall–Kier alpha value is -3.35. The van der Waals surface area contributed by atoms with Crippen molar-refractivity contribution in [3.63, 3.8) is 0 Å². The Morgan fingerprint density at radius 1 is 1.00 bits per heavy atom. The molecule has 0 fully saturated rings. The van der Waals surface area contributed by atoms with Crippen LogP contribution in [-0.4, -0.2) is 33.9 Å². The van der Waals surface area contributed by atoms with Crippen LogP contribution < -0.4 is 14.2 Å². The van der Waals surface area contributed by atoms with Crippen LogP contribution in [0.2, 0.25) is 0 Å². The predicted molar refractivity (Wildman–Crippen MR) is 102 cm³/mol. The van der Waals surface area contributed by atoms with Gasteiger partial charge in [0.1, 0.15) is 18.0 Å². The molecule has 0 spiro atoms. The number of rotatable bonds is 9. The maximum absolute atomic E-state index is 11.9. The van der Waals surface area contributed by atoms with E-state index >= 15 is 0 Å². The molecule has 0 aliphatic heterocycles. The first kappa shape index (κ1) is 20.0. The summed E-state index contributed by atoms with van der Waals surface area (Å²) in [5.41, 5.74) is 1.71. The van der Waals surface area contributed by atoms with Gasteiger partial charge in [-0.1, -0.05) is 18.2 Å². The summed E-state index contributed by atoms with van der Waals surface area (Å²) >= 11 is 0. The van der Waals surface area contributed by atoms with E-state index in [9.17, 15) is 9.70 Å². The quantitative estimate of drug-likeness (QED) is 0.491. The van der Waals surface area contributed by atoms with Crippen LogP contribution in [-0.2, 0) is 16.0 Å². The molecule has 0 saturated heterocycles. The molecule has 2 aromatic carbocycles. The molecule has 0 heterocycles. The van der Waals surface area contributed by atoms with Crippen molar-refractivity contribution in [3.05, 3.63) is 58.5 Å². The number of methoxy groups -OCH3 is 3. The fraction of sp³-hybridized carbons (Fsp3) is 0.250. The molecule has 0 aromatic heterocycles. The number of ether oxygens (including phenoxy) is 4. The van der Waals surface area contributed by atoms with Crippen molar-refractivity contribution in [2.45, 2.75) is 6.42 Å². The molecule has 0 aliphatic rings. The van der Waals surface area contributed by atoms with Gasteiger partial charge < -0.3 is 18.9 Å².